The lowest BCUT2D eigenvalue weighted by Crippen LogP contribution is -2.14. The van der Waals surface area contributed by atoms with Gasteiger partial charge in [-0.3, -0.25) is 10.1 Å². The first-order valence-electron chi connectivity index (χ1n) is 3.92. The molecule has 1 aromatic rings. The summed E-state index contributed by atoms with van der Waals surface area (Å²) in [5.74, 6) is -2.78. The number of phenols is 1. The van der Waals surface area contributed by atoms with E-state index in [1.165, 1.54) is 0 Å². The van der Waals surface area contributed by atoms with Crippen LogP contribution in [0.4, 0.5) is 5.69 Å². The number of carboxylic acids is 1. The Morgan fingerprint density at radius 1 is 1.41 bits per heavy atom. The molecule has 0 spiro atoms. The Kier molecular flexibility index (Phi) is 3.02. The highest BCUT2D eigenvalue weighted by Crippen LogP contribution is 2.33. The first-order chi connectivity index (χ1) is 7.64. The minimum absolute atomic E-state index is 0.534. The average molecular weight is 262 g/mol. The lowest BCUT2D eigenvalue weighted by molar-refractivity contribution is -0.386. The first kappa shape index (κ1) is 12.9. The van der Waals surface area contributed by atoms with Crippen molar-refractivity contribution in [2.24, 2.45) is 5.14 Å². The molecule has 0 amide bonds. The number of hydrogen-bond donors (Lipinski definition) is 3. The van der Waals surface area contributed by atoms with Crippen molar-refractivity contribution in [3.05, 3.63) is 27.8 Å². The number of primary sulfonamides is 1. The van der Waals surface area contributed by atoms with Gasteiger partial charge >= 0.3 is 11.7 Å². The number of carboxylic acid groups (broad SMARTS) is 1. The van der Waals surface area contributed by atoms with Crippen molar-refractivity contribution in [3.8, 4) is 5.75 Å². The van der Waals surface area contributed by atoms with Gasteiger partial charge in [-0.1, -0.05) is 0 Å². The van der Waals surface area contributed by atoms with Crippen LogP contribution in [0.15, 0.2) is 17.0 Å². The zero-order valence-corrected chi connectivity index (χ0v) is 8.84. The number of nitro benzene ring substituents is 1. The summed E-state index contributed by atoms with van der Waals surface area (Å²) in [7, 11) is -4.46. The maximum Gasteiger partial charge on any atom is 0.335 e. The van der Waals surface area contributed by atoms with Crippen molar-refractivity contribution in [3.63, 3.8) is 0 Å². The van der Waals surface area contributed by atoms with Crippen LogP contribution in [0, 0.1) is 10.1 Å². The molecular weight excluding hydrogens is 256 g/mol. The molecule has 0 atom stereocenters. The maximum atomic E-state index is 11.0. The third kappa shape index (κ3) is 2.49. The van der Waals surface area contributed by atoms with Crippen LogP contribution >= 0.6 is 0 Å². The number of nitro groups is 1. The summed E-state index contributed by atoms with van der Waals surface area (Å²) in [5, 5.41) is 33.1. The number of sulfonamides is 1. The Hall–Kier alpha value is -2.20. The van der Waals surface area contributed by atoms with Crippen molar-refractivity contribution >= 4 is 21.7 Å². The van der Waals surface area contributed by atoms with E-state index in [9.17, 15) is 28.4 Å². The second-order valence-electron chi connectivity index (χ2n) is 2.95. The molecule has 0 radical (unpaired) electrons. The highest BCUT2D eigenvalue weighted by atomic mass is 32.2. The predicted molar refractivity (Wildman–Crippen MR) is 53.1 cm³/mol. The van der Waals surface area contributed by atoms with Gasteiger partial charge in [-0.05, 0) is 6.07 Å². The molecule has 0 bridgehead atoms. The van der Waals surface area contributed by atoms with Gasteiger partial charge in [-0.25, -0.2) is 18.4 Å². The third-order valence-corrected chi connectivity index (χ3v) is 2.73. The van der Waals surface area contributed by atoms with Crippen LogP contribution in [-0.4, -0.2) is 29.5 Å². The van der Waals surface area contributed by atoms with Crippen LogP contribution < -0.4 is 5.14 Å². The topological polar surface area (TPSA) is 161 Å². The van der Waals surface area contributed by atoms with Gasteiger partial charge in [0, 0.05) is 6.07 Å². The number of aromatic hydroxyl groups is 1. The Morgan fingerprint density at radius 2 is 1.94 bits per heavy atom. The van der Waals surface area contributed by atoms with E-state index >= 15 is 0 Å². The van der Waals surface area contributed by atoms with E-state index < -0.39 is 42.8 Å². The number of carbonyl (C=O) groups is 1. The van der Waals surface area contributed by atoms with Gasteiger partial charge in [0.25, 0.3) is 0 Å². The second kappa shape index (κ2) is 3.99. The smallest absolute Gasteiger partial charge is 0.335 e. The lowest BCUT2D eigenvalue weighted by atomic mass is 10.2. The molecular formula is C7H6N2O7S. The van der Waals surface area contributed by atoms with Crippen molar-refractivity contribution < 1.29 is 28.3 Å². The summed E-state index contributed by atoms with van der Waals surface area (Å²) in [5.41, 5.74) is -1.72. The molecule has 92 valence electrons. The van der Waals surface area contributed by atoms with Crippen LogP contribution in [0.5, 0.6) is 5.75 Å². The fourth-order valence-electron chi connectivity index (χ4n) is 1.07. The average Bonchev–Trinajstić information content (AvgIpc) is 2.15. The molecule has 0 fully saturated rings. The SMILES string of the molecule is NS(=O)(=O)c1cc(C(=O)O)cc([N+](=O)[O-])c1O. The molecule has 0 aliphatic heterocycles. The van der Waals surface area contributed by atoms with Gasteiger partial charge in [0.1, 0.15) is 4.90 Å². The zero-order valence-electron chi connectivity index (χ0n) is 8.02. The molecule has 17 heavy (non-hydrogen) atoms. The number of aromatic carboxylic acids is 1. The van der Waals surface area contributed by atoms with Gasteiger partial charge in [0.15, 0.2) is 0 Å². The van der Waals surface area contributed by atoms with E-state index in [2.05, 4.69) is 0 Å². The van der Waals surface area contributed by atoms with E-state index in [4.69, 9.17) is 10.2 Å². The largest absolute Gasteiger partial charge is 0.501 e. The monoisotopic (exact) mass is 262 g/mol. The van der Waals surface area contributed by atoms with Crippen LogP contribution in [0.1, 0.15) is 10.4 Å². The zero-order chi connectivity index (χ0) is 13.4. The van der Waals surface area contributed by atoms with E-state index in [1.807, 2.05) is 0 Å². The second-order valence-corrected chi connectivity index (χ2v) is 4.48. The Balaban J connectivity index is 3.73. The van der Waals surface area contributed by atoms with Crippen molar-refractivity contribution in [2.75, 3.05) is 0 Å². The van der Waals surface area contributed by atoms with Crippen LogP contribution in [0.25, 0.3) is 0 Å². The van der Waals surface area contributed by atoms with Crippen LogP contribution in [0.2, 0.25) is 0 Å². The predicted octanol–water partition coefficient (Wildman–Crippen LogP) is -0.354. The van der Waals surface area contributed by atoms with Gasteiger partial charge < -0.3 is 10.2 Å². The molecule has 0 unspecified atom stereocenters. The highest BCUT2D eigenvalue weighted by molar-refractivity contribution is 7.89. The Labute approximate surface area is 94.3 Å². The van der Waals surface area contributed by atoms with E-state index in [-0.39, 0.29) is 0 Å². The van der Waals surface area contributed by atoms with Crippen molar-refractivity contribution in [2.45, 2.75) is 4.90 Å². The quantitative estimate of drug-likeness (QED) is 0.495. The van der Waals surface area contributed by atoms with Gasteiger partial charge in [0.05, 0.1) is 10.5 Å². The number of phenolic OH excluding ortho intramolecular Hbond substituents is 1. The minimum Gasteiger partial charge on any atom is -0.501 e. The Morgan fingerprint density at radius 3 is 2.29 bits per heavy atom. The summed E-state index contributed by atoms with van der Waals surface area (Å²) < 4.78 is 22.0. The van der Waals surface area contributed by atoms with Gasteiger partial charge in [-0.2, -0.15) is 0 Å². The standard InChI is InChI=1S/C7H6N2O7S/c8-17(15,16)5-2-3(7(11)12)1-4(6(5)10)9(13)14/h1-2,10H,(H,11,12)(H2,8,15,16). The molecule has 0 aliphatic carbocycles. The molecule has 0 saturated heterocycles. The molecule has 0 aromatic heterocycles. The number of rotatable bonds is 3. The normalized spacial score (nSPS) is 11.1. The maximum absolute atomic E-state index is 11.0. The molecule has 1 rings (SSSR count). The van der Waals surface area contributed by atoms with E-state index in [0.717, 1.165) is 0 Å². The van der Waals surface area contributed by atoms with E-state index in [0.29, 0.717) is 12.1 Å². The van der Waals surface area contributed by atoms with Gasteiger partial charge in [-0.15, -0.1) is 0 Å². The van der Waals surface area contributed by atoms with E-state index in [1.54, 1.807) is 0 Å². The molecule has 0 aliphatic rings. The third-order valence-electron chi connectivity index (χ3n) is 1.81. The van der Waals surface area contributed by atoms with Crippen molar-refractivity contribution in [1.29, 1.82) is 0 Å². The fraction of sp³-hybridized carbons (Fsp3) is 0. The number of benzene rings is 1. The summed E-state index contributed by atoms with van der Waals surface area (Å²) in [6, 6.07) is 1.08. The lowest BCUT2D eigenvalue weighted by Gasteiger charge is -2.04. The summed E-state index contributed by atoms with van der Waals surface area (Å²) >= 11 is 0. The van der Waals surface area contributed by atoms with Crippen LogP contribution in [0.3, 0.4) is 0 Å². The molecule has 1 aromatic carbocycles. The molecule has 4 N–H and O–H groups in total. The van der Waals surface area contributed by atoms with Crippen molar-refractivity contribution in [1.82, 2.24) is 0 Å². The molecule has 0 heterocycles. The Bertz CT molecular complexity index is 607. The summed E-state index contributed by atoms with van der Waals surface area (Å²) in [4.78, 5) is 19.0. The molecule has 0 saturated carbocycles. The number of nitrogens with two attached hydrogens (primary N) is 1. The number of hydrogen-bond acceptors (Lipinski definition) is 6. The summed E-state index contributed by atoms with van der Waals surface area (Å²) in [6.07, 6.45) is 0. The fourth-order valence-corrected chi connectivity index (χ4v) is 1.74. The molecule has 9 nitrogen and oxygen atoms in total. The minimum atomic E-state index is -4.46. The molecule has 10 heteroatoms. The summed E-state index contributed by atoms with van der Waals surface area (Å²) in [6.45, 7) is 0. The first-order valence-corrected chi connectivity index (χ1v) is 5.46. The van der Waals surface area contributed by atoms with Gasteiger partial charge in [0.2, 0.25) is 15.8 Å². The highest BCUT2D eigenvalue weighted by Gasteiger charge is 2.26. The van der Waals surface area contributed by atoms with Crippen LogP contribution in [-0.2, 0) is 10.0 Å². The number of nitrogens with zero attached hydrogens (tertiary/aromatic N) is 1.